The fraction of sp³-hybridized carbons (Fsp3) is 0.261. The quantitative estimate of drug-likeness (QED) is 0.669. The van der Waals surface area contributed by atoms with Crippen LogP contribution in [0.25, 0.3) is 10.8 Å². The Hall–Kier alpha value is -2.70. The second-order valence-electron chi connectivity index (χ2n) is 7.42. The first-order valence-electron chi connectivity index (χ1n) is 9.50. The summed E-state index contributed by atoms with van der Waals surface area (Å²) in [6, 6.07) is 18.4. The number of hydrogen-bond donors (Lipinski definition) is 1. The number of carbonyl (C=O) groups excluding carboxylic acids is 1. The summed E-state index contributed by atoms with van der Waals surface area (Å²) in [6.45, 7) is 5.65. The van der Waals surface area contributed by atoms with E-state index in [2.05, 4.69) is 5.32 Å². The summed E-state index contributed by atoms with van der Waals surface area (Å²) < 4.78 is 26.9. The number of likely N-dealkylation sites (N-methyl/N-ethyl adjacent to an activating group) is 1. The van der Waals surface area contributed by atoms with Crippen LogP contribution < -0.4 is 5.32 Å². The zero-order valence-electron chi connectivity index (χ0n) is 17.1. The average molecular weight is 411 g/mol. The summed E-state index contributed by atoms with van der Waals surface area (Å²) in [5.41, 5.74) is 3.22. The minimum atomic E-state index is -3.77. The summed E-state index contributed by atoms with van der Waals surface area (Å²) >= 11 is 0. The largest absolute Gasteiger partial charge is 0.348 e. The molecule has 0 aliphatic heterocycles. The number of rotatable bonds is 6. The van der Waals surface area contributed by atoms with Crippen molar-refractivity contribution >= 4 is 26.7 Å². The SMILES string of the molecule is Cc1ccc(C)c([C@H](C)NC(=O)CN(C)S(=O)(=O)c2ccc3ccccc3c2)c1. The van der Waals surface area contributed by atoms with E-state index in [4.69, 9.17) is 0 Å². The number of fused-ring (bicyclic) bond motifs is 1. The van der Waals surface area contributed by atoms with Gasteiger partial charge >= 0.3 is 0 Å². The van der Waals surface area contributed by atoms with Gasteiger partial charge in [0.2, 0.25) is 15.9 Å². The van der Waals surface area contributed by atoms with Crippen LogP contribution in [0.4, 0.5) is 0 Å². The molecule has 0 saturated carbocycles. The van der Waals surface area contributed by atoms with Gasteiger partial charge in [0.15, 0.2) is 0 Å². The Morgan fingerprint density at radius 2 is 1.69 bits per heavy atom. The number of aryl methyl sites for hydroxylation is 2. The minimum Gasteiger partial charge on any atom is -0.348 e. The van der Waals surface area contributed by atoms with Gasteiger partial charge in [-0.15, -0.1) is 0 Å². The number of sulfonamides is 1. The Labute approximate surface area is 172 Å². The Bertz CT molecular complexity index is 1160. The van der Waals surface area contributed by atoms with Crippen LogP contribution in [0, 0.1) is 13.8 Å². The van der Waals surface area contributed by atoms with E-state index >= 15 is 0 Å². The van der Waals surface area contributed by atoms with Gasteiger partial charge in [0.25, 0.3) is 0 Å². The molecule has 0 fully saturated rings. The molecule has 3 rings (SSSR count). The summed E-state index contributed by atoms with van der Waals surface area (Å²) in [5, 5.41) is 4.71. The molecule has 0 bridgehead atoms. The van der Waals surface area contributed by atoms with Crippen molar-refractivity contribution in [2.24, 2.45) is 0 Å². The average Bonchev–Trinajstić information content (AvgIpc) is 2.69. The molecule has 0 saturated heterocycles. The Balaban J connectivity index is 1.73. The number of nitrogens with one attached hydrogen (secondary N) is 1. The third-order valence-corrected chi connectivity index (χ3v) is 6.87. The van der Waals surface area contributed by atoms with Crippen LogP contribution in [0.2, 0.25) is 0 Å². The fourth-order valence-corrected chi connectivity index (χ4v) is 4.55. The first-order chi connectivity index (χ1) is 13.7. The molecule has 0 spiro atoms. The van der Waals surface area contributed by atoms with E-state index in [1.165, 1.54) is 7.05 Å². The lowest BCUT2D eigenvalue weighted by molar-refractivity contribution is -0.121. The predicted octanol–water partition coefficient (Wildman–Crippen LogP) is 3.95. The molecule has 0 heterocycles. The summed E-state index contributed by atoms with van der Waals surface area (Å²) in [5.74, 6) is -0.342. The van der Waals surface area contributed by atoms with Crippen molar-refractivity contribution in [3.8, 4) is 0 Å². The predicted molar refractivity (Wildman–Crippen MR) is 116 cm³/mol. The molecule has 0 aliphatic rings. The molecular formula is C23H26N2O3S. The van der Waals surface area contributed by atoms with Crippen LogP contribution in [0.3, 0.4) is 0 Å². The first-order valence-corrected chi connectivity index (χ1v) is 10.9. The number of nitrogens with zero attached hydrogens (tertiary/aromatic N) is 1. The van der Waals surface area contributed by atoms with Crippen molar-refractivity contribution in [1.29, 1.82) is 0 Å². The molecular weight excluding hydrogens is 384 g/mol. The van der Waals surface area contributed by atoms with Gasteiger partial charge in [-0.1, -0.05) is 54.1 Å². The van der Waals surface area contributed by atoms with Gasteiger partial charge in [0.05, 0.1) is 17.5 Å². The van der Waals surface area contributed by atoms with Crippen molar-refractivity contribution in [2.75, 3.05) is 13.6 Å². The lowest BCUT2D eigenvalue weighted by atomic mass is 10.00. The van der Waals surface area contributed by atoms with Gasteiger partial charge in [0.1, 0.15) is 0 Å². The third kappa shape index (κ3) is 4.66. The maximum Gasteiger partial charge on any atom is 0.243 e. The van der Waals surface area contributed by atoms with Gasteiger partial charge in [-0.25, -0.2) is 8.42 Å². The summed E-state index contributed by atoms with van der Waals surface area (Å²) in [7, 11) is -2.35. The topological polar surface area (TPSA) is 66.5 Å². The van der Waals surface area contributed by atoms with Crippen molar-refractivity contribution in [2.45, 2.75) is 31.7 Å². The maximum absolute atomic E-state index is 12.9. The summed E-state index contributed by atoms with van der Waals surface area (Å²) in [4.78, 5) is 12.7. The molecule has 0 radical (unpaired) electrons. The molecule has 3 aromatic carbocycles. The summed E-state index contributed by atoms with van der Waals surface area (Å²) in [6.07, 6.45) is 0. The van der Waals surface area contributed by atoms with Crippen molar-refractivity contribution < 1.29 is 13.2 Å². The lowest BCUT2D eigenvalue weighted by Crippen LogP contribution is -2.39. The molecule has 1 amide bonds. The van der Waals surface area contributed by atoms with Gasteiger partial charge < -0.3 is 5.32 Å². The molecule has 1 N–H and O–H groups in total. The van der Waals surface area contributed by atoms with Crippen molar-refractivity contribution in [1.82, 2.24) is 9.62 Å². The fourth-order valence-electron chi connectivity index (χ4n) is 3.39. The van der Waals surface area contributed by atoms with Crippen LogP contribution >= 0.6 is 0 Å². The van der Waals surface area contributed by atoms with E-state index < -0.39 is 10.0 Å². The number of hydrogen-bond acceptors (Lipinski definition) is 3. The normalized spacial score (nSPS) is 12.9. The highest BCUT2D eigenvalue weighted by Gasteiger charge is 2.24. The Morgan fingerprint density at radius 1 is 1.00 bits per heavy atom. The second-order valence-corrected chi connectivity index (χ2v) is 9.46. The second kappa shape index (κ2) is 8.35. The van der Waals surface area contributed by atoms with Crippen LogP contribution in [0.15, 0.2) is 65.6 Å². The molecule has 152 valence electrons. The van der Waals surface area contributed by atoms with Crippen LogP contribution in [-0.2, 0) is 14.8 Å². The number of benzene rings is 3. The van der Waals surface area contributed by atoms with Crippen LogP contribution in [-0.4, -0.2) is 32.2 Å². The first kappa shape index (κ1) is 21.0. The molecule has 6 heteroatoms. The monoisotopic (exact) mass is 410 g/mol. The highest BCUT2D eigenvalue weighted by Crippen LogP contribution is 2.22. The van der Waals surface area contributed by atoms with Gasteiger partial charge in [-0.3, -0.25) is 4.79 Å². The number of carbonyl (C=O) groups is 1. The highest BCUT2D eigenvalue weighted by atomic mass is 32.2. The zero-order valence-corrected chi connectivity index (χ0v) is 18.0. The standard InChI is InChI=1S/C23H26N2O3S/c1-16-9-10-17(2)22(13-16)18(3)24-23(26)15-25(4)29(27,28)21-12-11-19-7-5-6-8-20(19)14-21/h5-14,18H,15H2,1-4H3,(H,24,26)/t18-/m0/s1. The Morgan fingerprint density at radius 3 is 2.41 bits per heavy atom. The molecule has 0 unspecified atom stereocenters. The van der Waals surface area contributed by atoms with E-state index in [9.17, 15) is 13.2 Å². The smallest absolute Gasteiger partial charge is 0.243 e. The highest BCUT2D eigenvalue weighted by molar-refractivity contribution is 7.89. The third-order valence-electron chi connectivity index (χ3n) is 5.07. The minimum absolute atomic E-state index is 0.175. The zero-order chi connectivity index (χ0) is 21.2. The molecule has 5 nitrogen and oxygen atoms in total. The van der Waals surface area contributed by atoms with Crippen molar-refractivity contribution in [3.05, 3.63) is 77.4 Å². The van der Waals surface area contributed by atoms with Gasteiger partial charge in [-0.2, -0.15) is 4.31 Å². The molecule has 3 aromatic rings. The van der Waals surface area contributed by atoms with Gasteiger partial charge in [0, 0.05) is 7.05 Å². The van der Waals surface area contributed by atoms with Crippen molar-refractivity contribution in [3.63, 3.8) is 0 Å². The number of amides is 1. The van der Waals surface area contributed by atoms with E-state index in [0.717, 1.165) is 31.8 Å². The van der Waals surface area contributed by atoms with E-state index in [-0.39, 0.29) is 23.4 Å². The molecule has 29 heavy (non-hydrogen) atoms. The Kier molecular flexibility index (Phi) is 6.05. The molecule has 0 aromatic heterocycles. The van der Waals surface area contributed by atoms with E-state index in [1.807, 2.05) is 63.2 Å². The lowest BCUT2D eigenvalue weighted by Gasteiger charge is -2.21. The van der Waals surface area contributed by atoms with E-state index in [0.29, 0.717) is 0 Å². The maximum atomic E-state index is 12.9. The van der Waals surface area contributed by atoms with E-state index in [1.54, 1.807) is 18.2 Å². The van der Waals surface area contributed by atoms with Crippen LogP contribution in [0.5, 0.6) is 0 Å². The van der Waals surface area contributed by atoms with Gasteiger partial charge in [-0.05, 0) is 54.8 Å². The molecule has 0 aliphatic carbocycles. The molecule has 1 atom stereocenters. The van der Waals surface area contributed by atoms with Crippen LogP contribution in [0.1, 0.15) is 29.7 Å².